The van der Waals surface area contributed by atoms with Gasteiger partial charge in [0.1, 0.15) is 0 Å². The number of carbonyl (C=O) groups excluding carboxylic acids is 1. The maximum absolute atomic E-state index is 13.5. The molecule has 0 atom stereocenters. The van der Waals surface area contributed by atoms with Crippen molar-refractivity contribution in [2.75, 3.05) is 0 Å². The van der Waals surface area contributed by atoms with E-state index in [0.717, 1.165) is 28.7 Å². The van der Waals surface area contributed by atoms with Crippen LogP contribution in [0.5, 0.6) is 0 Å². The standard InChI is InChI=1S/C29H41NO2/c1-25(2,3)18-28(10,11)30-24-19-14-12-13-15-20(19)29(32-24)16-21(26(4,5)6)23(31)22(17-29)27(7,8)9/h12-17H,18H2,1-11H3. The van der Waals surface area contributed by atoms with Crippen molar-refractivity contribution in [3.8, 4) is 0 Å². The number of Topliss-reactive ketones (excluding diaryl/α,β-unsaturated/α-hetero) is 1. The normalized spacial score (nSPS) is 20.2. The molecule has 0 saturated heterocycles. The monoisotopic (exact) mass is 435 g/mol. The summed E-state index contributed by atoms with van der Waals surface area (Å²) < 4.78 is 6.75. The van der Waals surface area contributed by atoms with Crippen molar-refractivity contribution < 1.29 is 9.53 Å². The molecule has 0 unspecified atom stereocenters. The third-order valence-electron chi connectivity index (χ3n) is 6.03. The molecule has 0 N–H and O–H groups in total. The van der Waals surface area contributed by atoms with Crippen molar-refractivity contribution in [3.63, 3.8) is 0 Å². The summed E-state index contributed by atoms with van der Waals surface area (Å²) in [5, 5.41) is 0. The number of hydrogen-bond donors (Lipinski definition) is 0. The lowest BCUT2D eigenvalue weighted by atomic mass is 9.68. The van der Waals surface area contributed by atoms with E-state index >= 15 is 0 Å². The molecular weight excluding hydrogens is 394 g/mol. The van der Waals surface area contributed by atoms with E-state index in [1.54, 1.807) is 0 Å². The van der Waals surface area contributed by atoms with Crippen LogP contribution in [0.4, 0.5) is 0 Å². The molecule has 2 aliphatic rings. The Balaban J connectivity index is 2.25. The highest BCUT2D eigenvalue weighted by Crippen LogP contribution is 2.49. The van der Waals surface area contributed by atoms with Crippen LogP contribution in [-0.4, -0.2) is 17.2 Å². The van der Waals surface area contributed by atoms with E-state index in [2.05, 4.69) is 88.3 Å². The van der Waals surface area contributed by atoms with E-state index in [4.69, 9.17) is 9.73 Å². The SMILES string of the molecule is CC(C)(C)CC(C)(C)N=C1OC2(C=C(C(C)(C)C)C(=O)C(C(C)(C)C)=C2)c2ccccc21. The lowest BCUT2D eigenvalue weighted by Gasteiger charge is -2.37. The lowest BCUT2D eigenvalue weighted by molar-refractivity contribution is -0.114. The van der Waals surface area contributed by atoms with Crippen molar-refractivity contribution in [2.45, 2.75) is 93.7 Å². The summed E-state index contributed by atoms with van der Waals surface area (Å²) in [4.78, 5) is 18.6. The van der Waals surface area contributed by atoms with Crippen LogP contribution in [0, 0.1) is 16.2 Å². The summed E-state index contributed by atoms with van der Waals surface area (Å²) in [6.07, 6.45) is 5.03. The van der Waals surface area contributed by atoms with Crippen LogP contribution in [0.2, 0.25) is 0 Å². The van der Waals surface area contributed by atoms with Gasteiger partial charge in [-0.3, -0.25) is 4.79 Å². The predicted octanol–water partition coefficient (Wildman–Crippen LogP) is 7.40. The van der Waals surface area contributed by atoms with E-state index in [9.17, 15) is 4.79 Å². The minimum Gasteiger partial charge on any atom is -0.457 e. The Kier molecular flexibility index (Phi) is 5.69. The smallest absolute Gasteiger partial charge is 0.218 e. The van der Waals surface area contributed by atoms with Crippen LogP contribution in [-0.2, 0) is 15.1 Å². The van der Waals surface area contributed by atoms with Gasteiger partial charge in [0.05, 0.1) is 5.54 Å². The third kappa shape index (κ3) is 4.77. The second-order valence-electron chi connectivity index (χ2n) is 13.4. The molecule has 1 aliphatic carbocycles. The van der Waals surface area contributed by atoms with E-state index in [1.165, 1.54) is 0 Å². The quantitative estimate of drug-likeness (QED) is 0.485. The summed E-state index contributed by atoms with van der Waals surface area (Å²) in [7, 11) is 0. The van der Waals surface area contributed by atoms with Crippen LogP contribution < -0.4 is 0 Å². The van der Waals surface area contributed by atoms with Gasteiger partial charge in [-0.25, -0.2) is 4.99 Å². The van der Waals surface area contributed by atoms with E-state index in [0.29, 0.717) is 5.90 Å². The first kappa shape index (κ1) is 24.5. The van der Waals surface area contributed by atoms with Crippen molar-refractivity contribution >= 4 is 11.7 Å². The highest BCUT2D eigenvalue weighted by Gasteiger charge is 2.48. The first-order valence-corrected chi connectivity index (χ1v) is 11.7. The van der Waals surface area contributed by atoms with Gasteiger partial charge < -0.3 is 4.74 Å². The zero-order valence-corrected chi connectivity index (χ0v) is 21.9. The highest BCUT2D eigenvalue weighted by molar-refractivity contribution is 6.12. The fraction of sp³-hybridized carbons (Fsp3) is 0.586. The molecule has 3 heteroatoms. The van der Waals surface area contributed by atoms with Crippen molar-refractivity contribution in [1.82, 2.24) is 0 Å². The summed E-state index contributed by atoms with van der Waals surface area (Å²) in [6.45, 7) is 23.6. The van der Waals surface area contributed by atoms with Gasteiger partial charge in [0.2, 0.25) is 5.90 Å². The first-order chi connectivity index (χ1) is 14.3. The molecule has 174 valence electrons. The van der Waals surface area contributed by atoms with Crippen LogP contribution in [0.15, 0.2) is 52.6 Å². The molecule has 0 saturated carbocycles. The number of ketones is 1. The van der Waals surface area contributed by atoms with E-state index in [1.807, 2.05) is 24.3 Å². The fourth-order valence-corrected chi connectivity index (χ4v) is 5.05. The average molecular weight is 436 g/mol. The number of allylic oxidation sites excluding steroid dienone is 2. The zero-order chi connectivity index (χ0) is 24.3. The molecule has 0 radical (unpaired) electrons. The van der Waals surface area contributed by atoms with Crippen molar-refractivity contribution in [3.05, 3.63) is 58.7 Å². The van der Waals surface area contributed by atoms with Crippen molar-refractivity contribution in [2.24, 2.45) is 21.2 Å². The van der Waals surface area contributed by atoms with Gasteiger partial charge in [-0.2, -0.15) is 0 Å². The third-order valence-corrected chi connectivity index (χ3v) is 6.03. The molecule has 0 aromatic heterocycles. The molecule has 1 heterocycles. The number of carbonyl (C=O) groups is 1. The topological polar surface area (TPSA) is 38.7 Å². The Morgan fingerprint density at radius 2 is 1.31 bits per heavy atom. The molecule has 1 spiro atoms. The molecule has 0 bridgehead atoms. The minimum absolute atomic E-state index is 0.121. The Hall–Kier alpha value is -2.16. The zero-order valence-electron chi connectivity index (χ0n) is 21.9. The Labute approximate surface area is 195 Å². The number of fused-ring (bicyclic) bond motifs is 2. The van der Waals surface area contributed by atoms with Gasteiger partial charge in [0.25, 0.3) is 0 Å². The maximum Gasteiger partial charge on any atom is 0.218 e. The minimum atomic E-state index is -0.813. The van der Waals surface area contributed by atoms with Crippen LogP contribution in [0.1, 0.15) is 93.7 Å². The lowest BCUT2D eigenvalue weighted by Crippen LogP contribution is -2.36. The van der Waals surface area contributed by atoms with Gasteiger partial charge in [-0.1, -0.05) is 80.5 Å². The number of hydrogen-bond acceptors (Lipinski definition) is 3. The second kappa shape index (κ2) is 7.43. The number of rotatable bonds is 2. The van der Waals surface area contributed by atoms with E-state index in [-0.39, 0.29) is 27.6 Å². The maximum atomic E-state index is 13.5. The molecule has 1 aromatic rings. The molecule has 32 heavy (non-hydrogen) atoms. The van der Waals surface area contributed by atoms with Gasteiger partial charge in [0, 0.05) is 22.3 Å². The predicted molar refractivity (Wildman–Crippen MR) is 134 cm³/mol. The fourth-order valence-electron chi connectivity index (χ4n) is 5.05. The Bertz CT molecular complexity index is 980. The average Bonchev–Trinajstić information content (AvgIpc) is 2.86. The van der Waals surface area contributed by atoms with Crippen LogP contribution in [0.25, 0.3) is 0 Å². The van der Waals surface area contributed by atoms with E-state index < -0.39 is 5.60 Å². The number of nitrogens with zero attached hydrogens (tertiary/aromatic N) is 1. The summed E-state index contributed by atoms with van der Waals surface area (Å²) in [5.74, 6) is 0.786. The molecule has 3 rings (SSSR count). The first-order valence-electron chi connectivity index (χ1n) is 11.7. The molecule has 3 nitrogen and oxygen atoms in total. The van der Waals surface area contributed by atoms with Crippen LogP contribution >= 0.6 is 0 Å². The van der Waals surface area contributed by atoms with Crippen molar-refractivity contribution in [1.29, 1.82) is 0 Å². The summed E-state index contributed by atoms with van der Waals surface area (Å²) in [6, 6.07) is 8.27. The molecule has 1 aliphatic heterocycles. The molecule has 0 fully saturated rings. The van der Waals surface area contributed by atoms with Gasteiger partial charge in [-0.15, -0.1) is 0 Å². The van der Waals surface area contributed by atoms with Gasteiger partial charge in [0.15, 0.2) is 11.4 Å². The van der Waals surface area contributed by atoms with Gasteiger partial charge >= 0.3 is 0 Å². The van der Waals surface area contributed by atoms with Crippen LogP contribution in [0.3, 0.4) is 0 Å². The molecule has 0 amide bonds. The molecule has 1 aromatic carbocycles. The number of ether oxygens (including phenoxy) is 1. The second-order valence-corrected chi connectivity index (χ2v) is 13.4. The Morgan fingerprint density at radius 3 is 1.78 bits per heavy atom. The summed E-state index contributed by atoms with van der Waals surface area (Å²) in [5.41, 5.74) is 2.15. The number of benzene rings is 1. The van der Waals surface area contributed by atoms with Gasteiger partial charge in [-0.05, 0) is 54.7 Å². The highest BCUT2D eigenvalue weighted by atomic mass is 16.5. The molecular formula is C29H41NO2. The Morgan fingerprint density at radius 1 is 0.812 bits per heavy atom. The largest absolute Gasteiger partial charge is 0.457 e. The summed E-state index contributed by atoms with van der Waals surface area (Å²) >= 11 is 0. The number of aliphatic imine (C=N–C) groups is 1.